The predicted octanol–water partition coefficient (Wildman–Crippen LogP) is -2.61. The number of nitrogens with zero attached hydrogens (tertiary/aromatic N) is 4. The van der Waals surface area contributed by atoms with Crippen LogP contribution in [0.1, 0.15) is 6.92 Å². The van der Waals surface area contributed by atoms with E-state index in [1.807, 2.05) is 0 Å². The molecule has 5 rings (SSSR count). The number of carbonyl (C=O) groups excluding carboxylic acids is 8. The maximum Gasteiger partial charge on any atom is 0.285 e. The van der Waals surface area contributed by atoms with Crippen molar-refractivity contribution in [3.8, 4) is 0 Å². The van der Waals surface area contributed by atoms with Gasteiger partial charge in [-0.2, -0.15) is 11.4 Å². The summed E-state index contributed by atoms with van der Waals surface area (Å²) in [5.74, 6) is -7.96. The summed E-state index contributed by atoms with van der Waals surface area (Å²) < 4.78 is 0. The van der Waals surface area contributed by atoms with E-state index in [1.165, 1.54) is 6.92 Å². The fraction of sp³-hybridized carbons (Fsp3) is 0.263. The molecule has 0 aliphatic carbocycles. The normalized spacial score (nSPS) is 22.0. The summed E-state index contributed by atoms with van der Waals surface area (Å²) in [6.45, 7) is 1.54. The fourth-order valence-corrected chi connectivity index (χ4v) is 4.21. The first kappa shape index (κ1) is 25.6. The van der Waals surface area contributed by atoms with Gasteiger partial charge in [-0.05, 0) is 6.92 Å². The molecule has 0 unspecified atom stereocenters. The minimum atomic E-state index is -2.39. The smallest absolute Gasteiger partial charge is 0.285 e. The third-order valence-electron chi connectivity index (χ3n) is 5.99. The number of imide groups is 4. The van der Waals surface area contributed by atoms with Crippen molar-refractivity contribution in [3.05, 3.63) is 24.3 Å². The second kappa shape index (κ2) is 7.76. The van der Waals surface area contributed by atoms with Gasteiger partial charge in [-0.3, -0.25) is 58.0 Å². The molecule has 2 spiro atoms. The molecule has 1 aromatic carbocycles. The van der Waals surface area contributed by atoms with Crippen LogP contribution in [0.4, 0.5) is 11.4 Å². The Hall–Kier alpha value is -2.01. The number of rotatable bonds is 3. The van der Waals surface area contributed by atoms with Crippen molar-refractivity contribution in [1.82, 2.24) is 9.80 Å². The van der Waals surface area contributed by atoms with Crippen molar-refractivity contribution < 1.29 is 104 Å². The summed E-state index contributed by atoms with van der Waals surface area (Å²) in [5, 5.41) is 0. The van der Waals surface area contributed by atoms with Gasteiger partial charge in [0.15, 0.2) is 0 Å². The average Bonchev–Trinajstić information content (AvgIpc) is 2.75. The molecule has 4 heterocycles. The molecule has 1 aromatic rings. The zero-order valence-electron chi connectivity index (χ0n) is 17.1. The largest absolute Gasteiger partial charge is 0.334 e. The molecule has 4 aliphatic rings. The number of carbonyl (C=O) groups is 8. The Balaban J connectivity index is 0.00000153. The quantitative estimate of drug-likeness (QED) is 0.208. The molecule has 2 radical (unpaired) electrons. The Morgan fingerprint density at radius 3 is 1.39 bits per heavy atom. The molecule has 33 heavy (non-hydrogen) atoms. The van der Waals surface area contributed by atoms with E-state index in [0.717, 1.165) is 24.1 Å². The second-order valence-electron chi connectivity index (χ2n) is 7.26. The molecule has 12 nitrogen and oxygen atoms in total. The molecule has 8 amide bonds. The van der Waals surface area contributed by atoms with Gasteiger partial charge >= 0.3 is 0 Å². The number of hydrogen-bond acceptors (Lipinski definition) is 8. The van der Waals surface area contributed by atoms with Crippen LogP contribution in [0.15, 0.2) is 12.1 Å². The molecule has 14 heteroatoms. The first-order valence-electron chi connectivity index (χ1n) is 8.99. The van der Waals surface area contributed by atoms with Crippen LogP contribution >= 0.6 is 0 Å². The van der Waals surface area contributed by atoms with Crippen molar-refractivity contribution in [3.63, 3.8) is 0 Å². The van der Waals surface area contributed by atoms with E-state index in [1.54, 1.807) is 0 Å². The van der Waals surface area contributed by atoms with E-state index >= 15 is 0 Å². The van der Waals surface area contributed by atoms with E-state index in [2.05, 4.69) is 12.1 Å². The van der Waals surface area contributed by atoms with Crippen LogP contribution in [0.5, 0.6) is 0 Å². The van der Waals surface area contributed by atoms with Gasteiger partial charge in [0.1, 0.15) is 0 Å². The molecule has 0 N–H and O–H groups in total. The molecular formula is C19H10N4O8Y2-2. The van der Waals surface area contributed by atoms with E-state index in [4.69, 9.17) is 0 Å². The number of benzene rings is 1. The van der Waals surface area contributed by atoms with Crippen molar-refractivity contribution in [2.75, 3.05) is 23.4 Å². The van der Waals surface area contributed by atoms with Crippen molar-refractivity contribution >= 4 is 58.6 Å². The summed E-state index contributed by atoms with van der Waals surface area (Å²) in [6, 6.07) is 7.15. The van der Waals surface area contributed by atoms with Gasteiger partial charge in [-0.15, -0.1) is 0 Å². The van der Waals surface area contributed by atoms with Gasteiger partial charge in [0.25, 0.3) is 58.1 Å². The summed E-state index contributed by atoms with van der Waals surface area (Å²) in [5.41, 5.74) is -5.23. The fourth-order valence-electron chi connectivity index (χ4n) is 4.21. The van der Waals surface area contributed by atoms with Gasteiger partial charge in [0, 0.05) is 79.0 Å². The molecule has 0 bridgehead atoms. The molecule has 4 saturated heterocycles. The number of anilines is 2. The molecular weight excluding hydrogens is 590 g/mol. The molecule has 0 saturated carbocycles. The zero-order chi connectivity index (χ0) is 22.6. The predicted molar refractivity (Wildman–Crippen MR) is 94.1 cm³/mol. The SMILES string of the molecule is CCN1C(=O)C2(C1=O)C(=O)N(c1[c-]c[c-]c(N3C(=O)C4(C(=O)N(C)C4=O)C3=O)c1)C2=O.[Y].[Y]. The number of amides is 8. The van der Waals surface area contributed by atoms with Crippen LogP contribution in [-0.4, -0.2) is 70.6 Å². The minimum Gasteiger partial charge on any atom is -0.334 e. The third kappa shape index (κ3) is 2.45. The second-order valence-corrected chi connectivity index (χ2v) is 7.26. The Morgan fingerprint density at radius 1 is 0.667 bits per heavy atom. The van der Waals surface area contributed by atoms with Crippen molar-refractivity contribution in [2.24, 2.45) is 10.8 Å². The summed E-state index contributed by atoms with van der Waals surface area (Å²) in [7, 11) is 1.14. The Labute approximate surface area is 235 Å². The molecule has 162 valence electrons. The zero-order valence-corrected chi connectivity index (χ0v) is 22.7. The van der Waals surface area contributed by atoms with Gasteiger partial charge in [0.05, 0.1) is 0 Å². The molecule has 0 atom stereocenters. The number of hydrogen-bond donors (Lipinski definition) is 0. The van der Waals surface area contributed by atoms with Gasteiger partial charge in [-0.25, -0.2) is 6.07 Å². The Morgan fingerprint density at radius 2 is 1.03 bits per heavy atom. The van der Waals surface area contributed by atoms with Crippen LogP contribution < -0.4 is 9.80 Å². The first-order chi connectivity index (χ1) is 14.6. The van der Waals surface area contributed by atoms with Crippen LogP contribution in [0, 0.1) is 23.0 Å². The van der Waals surface area contributed by atoms with Crippen LogP contribution in [0.2, 0.25) is 0 Å². The molecule has 4 fully saturated rings. The van der Waals surface area contributed by atoms with Crippen LogP contribution in [0.25, 0.3) is 0 Å². The maximum absolute atomic E-state index is 12.6. The number of β-lactam (4-membered cyclic amide) rings is 8. The van der Waals surface area contributed by atoms with Gasteiger partial charge in [-0.1, -0.05) is 0 Å². The summed E-state index contributed by atoms with van der Waals surface area (Å²) >= 11 is 0. The van der Waals surface area contributed by atoms with Crippen LogP contribution in [0.3, 0.4) is 0 Å². The summed E-state index contributed by atoms with van der Waals surface area (Å²) in [6.07, 6.45) is 0. The first-order valence-corrected chi connectivity index (χ1v) is 8.99. The van der Waals surface area contributed by atoms with Crippen molar-refractivity contribution in [1.29, 1.82) is 0 Å². The average molecular weight is 600 g/mol. The topological polar surface area (TPSA) is 150 Å². The standard InChI is InChI=1S/C19H10N4O8.2Y/c1-3-21-12(26)19(13(21)27)16(30)23(17(19)31)9-6-4-5-8(7-9)22-14(28)18(15(22)29)10(24)20(2)11(18)25;;/h4,7H,3H2,1-2H3;;/q-2;;. The van der Waals surface area contributed by atoms with Crippen molar-refractivity contribution in [2.45, 2.75) is 6.92 Å². The maximum atomic E-state index is 12.6. The Bertz CT molecular complexity index is 1180. The van der Waals surface area contributed by atoms with E-state index in [-0.39, 0.29) is 83.3 Å². The van der Waals surface area contributed by atoms with Crippen LogP contribution in [-0.2, 0) is 104 Å². The monoisotopic (exact) mass is 600 g/mol. The molecule has 4 aliphatic heterocycles. The minimum absolute atomic E-state index is 0. The Kier molecular flexibility index (Phi) is 6.02. The molecule has 0 aromatic heterocycles. The van der Waals surface area contributed by atoms with E-state index in [9.17, 15) is 38.4 Å². The van der Waals surface area contributed by atoms with E-state index < -0.39 is 58.1 Å². The number of likely N-dealkylation sites (tertiary alicyclic amines) is 2. The third-order valence-corrected chi connectivity index (χ3v) is 5.99. The van der Waals surface area contributed by atoms with E-state index in [0.29, 0.717) is 14.7 Å². The van der Waals surface area contributed by atoms with Gasteiger partial charge < -0.3 is 18.2 Å². The van der Waals surface area contributed by atoms with Gasteiger partial charge in [0.2, 0.25) is 0 Å². The summed E-state index contributed by atoms with van der Waals surface area (Å²) in [4.78, 5) is 101.